The lowest BCUT2D eigenvalue weighted by Gasteiger charge is -2.08. The second-order valence-electron chi connectivity index (χ2n) is 4.66. The van der Waals surface area contributed by atoms with Gasteiger partial charge < -0.3 is 10.7 Å². The van der Waals surface area contributed by atoms with Crippen molar-refractivity contribution >= 4 is 23.1 Å². The third-order valence-electron chi connectivity index (χ3n) is 2.89. The van der Waals surface area contributed by atoms with E-state index >= 15 is 0 Å². The third-order valence-corrected chi connectivity index (χ3v) is 3.80. The van der Waals surface area contributed by atoms with Crippen LogP contribution in [0.3, 0.4) is 0 Å². The molecule has 6 nitrogen and oxygen atoms in total. The molecule has 0 saturated heterocycles. The van der Waals surface area contributed by atoms with E-state index in [-0.39, 0.29) is 5.91 Å². The molecule has 2 heterocycles. The minimum atomic E-state index is -0.141. The molecule has 0 aliphatic carbocycles. The van der Waals surface area contributed by atoms with E-state index < -0.39 is 0 Å². The number of aryl methyl sites for hydroxylation is 2. The van der Waals surface area contributed by atoms with Crippen LogP contribution in [0.15, 0.2) is 18.3 Å². The lowest BCUT2D eigenvalue weighted by Crippen LogP contribution is -2.23. The van der Waals surface area contributed by atoms with Crippen molar-refractivity contribution in [2.24, 2.45) is 5.84 Å². The normalized spacial score (nSPS) is 10.4. The Balaban J connectivity index is 2.08. The number of nitrogens with two attached hydrogens (primary N) is 1. The topological polar surface area (TPSA) is 92.9 Å². The van der Waals surface area contributed by atoms with Gasteiger partial charge in [-0.15, -0.1) is 11.3 Å². The number of hydrogen-bond acceptors (Lipinski definition) is 6. The monoisotopic (exact) mass is 305 g/mol. The molecular weight excluding hydrogens is 286 g/mol. The summed E-state index contributed by atoms with van der Waals surface area (Å²) >= 11 is 1.57. The molecule has 4 N–H and O–H groups in total. The highest BCUT2D eigenvalue weighted by molar-refractivity contribution is 7.11. The van der Waals surface area contributed by atoms with E-state index in [0.29, 0.717) is 17.9 Å². The molecule has 0 spiro atoms. The highest BCUT2D eigenvalue weighted by Gasteiger charge is 2.10. The van der Waals surface area contributed by atoms with Crippen molar-refractivity contribution in [2.45, 2.75) is 33.2 Å². The number of amides is 1. The van der Waals surface area contributed by atoms with Crippen molar-refractivity contribution in [1.29, 1.82) is 0 Å². The first-order valence-corrected chi connectivity index (χ1v) is 7.61. The van der Waals surface area contributed by atoms with Crippen LogP contribution < -0.4 is 16.6 Å². The second kappa shape index (κ2) is 7.14. The molecule has 0 aromatic carbocycles. The quantitative estimate of drug-likeness (QED) is 0.561. The van der Waals surface area contributed by atoms with Gasteiger partial charge in [0.2, 0.25) is 0 Å². The molecule has 2 rings (SSSR count). The van der Waals surface area contributed by atoms with Crippen molar-refractivity contribution in [3.8, 4) is 0 Å². The van der Waals surface area contributed by atoms with E-state index in [0.717, 1.165) is 28.4 Å². The van der Waals surface area contributed by atoms with Gasteiger partial charge >= 0.3 is 0 Å². The first-order chi connectivity index (χ1) is 10.1. The fourth-order valence-corrected chi connectivity index (χ4v) is 2.67. The van der Waals surface area contributed by atoms with Gasteiger partial charge in [0.05, 0.1) is 11.6 Å². The third kappa shape index (κ3) is 4.24. The summed E-state index contributed by atoms with van der Waals surface area (Å²) in [4.78, 5) is 21.7. The molecule has 2 aromatic heterocycles. The Hall–Kier alpha value is -1.99. The molecule has 0 bridgehead atoms. The van der Waals surface area contributed by atoms with Crippen molar-refractivity contribution < 1.29 is 4.79 Å². The number of aromatic nitrogens is 2. The molecule has 0 aliphatic rings. The fourth-order valence-electron chi connectivity index (χ4n) is 1.93. The average Bonchev–Trinajstić information content (AvgIpc) is 2.90. The highest BCUT2D eigenvalue weighted by atomic mass is 32.1. The number of rotatable bonds is 6. The van der Waals surface area contributed by atoms with Crippen LogP contribution in [0.1, 0.15) is 39.3 Å². The van der Waals surface area contributed by atoms with Gasteiger partial charge in [-0.1, -0.05) is 13.3 Å². The maximum absolute atomic E-state index is 12.2. The Morgan fingerprint density at radius 1 is 1.43 bits per heavy atom. The lowest BCUT2D eigenvalue weighted by atomic mass is 10.1. The predicted octanol–water partition coefficient (Wildman–Crippen LogP) is 2.01. The number of nitrogens with zero attached hydrogens (tertiary/aromatic N) is 2. The number of carbonyl (C=O) groups is 1. The van der Waals surface area contributed by atoms with Crippen molar-refractivity contribution in [3.63, 3.8) is 0 Å². The minimum Gasteiger partial charge on any atom is -0.347 e. The minimum absolute atomic E-state index is 0.141. The van der Waals surface area contributed by atoms with Crippen LogP contribution in [0.4, 0.5) is 5.82 Å². The Kier molecular flexibility index (Phi) is 5.24. The number of hydrogen-bond donors (Lipinski definition) is 3. The van der Waals surface area contributed by atoms with Crippen LogP contribution in [0, 0.1) is 6.92 Å². The van der Waals surface area contributed by atoms with Crippen LogP contribution in [-0.4, -0.2) is 15.9 Å². The summed E-state index contributed by atoms with van der Waals surface area (Å²) in [5.74, 6) is 5.76. The van der Waals surface area contributed by atoms with E-state index in [1.807, 2.05) is 6.92 Å². The molecular formula is C14H19N5OS. The molecule has 0 radical (unpaired) electrons. The first kappa shape index (κ1) is 15.4. The van der Waals surface area contributed by atoms with E-state index in [2.05, 4.69) is 27.6 Å². The summed E-state index contributed by atoms with van der Waals surface area (Å²) in [6.07, 6.45) is 3.55. The summed E-state index contributed by atoms with van der Waals surface area (Å²) in [7, 11) is 0. The smallest absolute Gasteiger partial charge is 0.251 e. The number of nitrogens with one attached hydrogen (secondary N) is 2. The predicted molar refractivity (Wildman–Crippen MR) is 84.1 cm³/mol. The highest BCUT2D eigenvalue weighted by Crippen LogP contribution is 2.13. The van der Waals surface area contributed by atoms with Gasteiger partial charge in [-0.25, -0.2) is 15.8 Å². The van der Waals surface area contributed by atoms with Crippen LogP contribution in [0.2, 0.25) is 0 Å². The zero-order chi connectivity index (χ0) is 15.2. The number of anilines is 1. The summed E-state index contributed by atoms with van der Waals surface area (Å²) in [5.41, 5.74) is 3.91. The summed E-state index contributed by atoms with van der Waals surface area (Å²) in [6, 6.07) is 3.45. The van der Waals surface area contributed by atoms with Crippen LogP contribution >= 0.6 is 11.3 Å². The van der Waals surface area contributed by atoms with Crippen LogP contribution in [0.5, 0.6) is 0 Å². The number of nitrogen functional groups attached to an aromatic ring is 1. The molecule has 1 amide bonds. The lowest BCUT2D eigenvalue weighted by molar-refractivity contribution is 0.0951. The van der Waals surface area contributed by atoms with E-state index in [1.165, 1.54) is 0 Å². The maximum atomic E-state index is 12.2. The zero-order valence-electron chi connectivity index (χ0n) is 12.1. The average molecular weight is 305 g/mol. The zero-order valence-corrected chi connectivity index (χ0v) is 13.0. The Labute approximate surface area is 127 Å². The SMILES string of the molecule is CCCc1cc(C(=O)NCc2cnc(C)s2)cc(NN)n1. The number of pyridine rings is 1. The van der Waals surface area contributed by atoms with Gasteiger partial charge in [-0.3, -0.25) is 4.79 Å². The van der Waals surface area contributed by atoms with Crippen molar-refractivity contribution in [2.75, 3.05) is 5.43 Å². The summed E-state index contributed by atoms with van der Waals surface area (Å²) < 4.78 is 0. The van der Waals surface area contributed by atoms with Gasteiger partial charge in [0.1, 0.15) is 5.82 Å². The van der Waals surface area contributed by atoms with E-state index in [4.69, 9.17) is 5.84 Å². The van der Waals surface area contributed by atoms with Gasteiger partial charge in [0.25, 0.3) is 5.91 Å². The summed E-state index contributed by atoms with van der Waals surface area (Å²) in [6.45, 7) is 4.48. The van der Waals surface area contributed by atoms with Gasteiger partial charge in [0.15, 0.2) is 0 Å². The number of carbonyl (C=O) groups excluding carboxylic acids is 1. The molecule has 0 aliphatic heterocycles. The van der Waals surface area contributed by atoms with Gasteiger partial charge in [0, 0.05) is 22.3 Å². The molecule has 21 heavy (non-hydrogen) atoms. The standard InChI is InChI=1S/C14H19N5OS/c1-3-4-11-5-10(6-13(18-11)19-15)14(20)17-8-12-7-16-9(2)21-12/h5-7H,3-4,8,15H2,1-2H3,(H,17,20)(H,18,19). The van der Waals surface area contributed by atoms with E-state index in [9.17, 15) is 4.79 Å². The molecule has 0 atom stereocenters. The molecule has 0 fully saturated rings. The molecule has 112 valence electrons. The second-order valence-corrected chi connectivity index (χ2v) is 5.97. The van der Waals surface area contributed by atoms with Gasteiger partial charge in [-0.2, -0.15) is 0 Å². The molecule has 2 aromatic rings. The Morgan fingerprint density at radius 3 is 2.86 bits per heavy atom. The van der Waals surface area contributed by atoms with Crippen molar-refractivity contribution in [3.05, 3.63) is 39.5 Å². The Morgan fingerprint density at radius 2 is 2.24 bits per heavy atom. The molecule has 0 saturated carbocycles. The molecule has 0 unspecified atom stereocenters. The first-order valence-electron chi connectivity index (χ1n) is 6.79. The molecule has 7 heteroatoms. The Bertz CT molecular complexity index is 626. The maximum Gasteiger partial charge on any atom is 0.251 e. The van der Waals surface area contributed by atoms with Crippen molar-refractivity contribution in [1.82, 2.24) is 15.3 Å². The summed E-state index contributed by atoms with van der Waals surface area (Å²) in [5, 5.41) is 3.87. The van der Waals surface area contributed by atoms with Crippen LogP contribution in [-0.2, 0) is 13.0 Å². The van der Waals surface area contributed by atoms with Crippen LogP contribution in [0.25, 0.3) is 0 Å². The van der Waals surface area contributed by atoms with E-state index in [1.54, 1.807) is 29.7 Å². The van der Waals surface area contributed by atoms with Gasteiger partial charge in [-0.05, 0) is 25.5 Å². The number of hydrazine groups is 1. The number of thiazole rings is 1. The fraction of sp³-hybridized carbons (Fsp3) is 0.357. The largest absolute Gasteiger partial charge is 0.347 e.